The van der Waals surface area contributed by atoms with Crippen LogP contribution in [-0.2, 0) is 20.4 Å². The fourth-order valence-electron chi connectivity index (χ4n) is 8.58. The van der Waals surface area contributed by atoms with Crippen LogP contribution in [0.25, 0.3) is 0 Å². The van der Waals surface area contributed by atoms with Crippen molar-refractivity contribution in [2.75, 3.05) is 13.2 Å². The number of hydrogen-bond donors (Lipinski definition) is 4. The van der Waals surface area contributed by atoms with Gasteiger partial charge in [0.15, 0.2) is 0 Å². The molecule has 6 rings (SSSR count). The van der Waals surface area contributed by atoms with E-state index in [1.165, 1.54) is 0 Å². The van der Waals surface area contributed by atoms with Crippen LogP contribution in [0.3, 0.4) is 0 Å². The Labute approximate surface area is 324 Å². The average molecular weight is 731 g/mol. The molecule has 2 atom stereocenters. The molecule has 0 bridgehead atoms. The van der Waals surface area contributed by atoms with E-state index in [1.54, 1.807) is 0 Å². The second-order valence-electron chi connectivity index (χ2n) is 14.0. The first-order valence-corrected chi connectivity index (χ1v) is 19.1. The Morgan fingerprint density at radius 2 is 0.618 bits per heavy atom. The lowest BCUT2D eigenvalue weighted by molar-refractivity contribution is -0.146. The van der Waals surface area contributed by atoms with Gasteiger partial charge < -0.3 is 20.8 Å². The summed E-state index contributed by atoms with van der Waals surface area (Å²) in [6.07, 6.45) is 0.364. The van der Waals surface area contributed by atoms with Crippen molar-refractivity contribution in [1.29, 1.82) is 0 Å². The van der Waals surface area contributed by atoms with Crippen molar-refractivity contribution in [1.82, 2.24) is 10.6 Å². The van der Waals surface area contributed by atoms with Crippen molar-refractivity contribution in [3.63, 3.8) is 0 Å². The third-order valence-electron chi connectivity index (χ3n) is 11.5. The summed E-state index contributed by atoms with van der Waals surface area (Å²) in [6.45, 7) is 2.85. The zero-order valence-electron chi connectivity index (χ0n) is 31.5. The van der Waals surface area contributed by atoms with Gasteiger partial charge in [-0.15, -0.1) is 0 Å². The first kappa shape index (κ1) is 38.9. The molecule has 0 unspecified atom stereocenters. The molecule has 6 heteroatoms. The van der Waals surface area contributed by atoms with Crippen LogP contribution in [0.2, 0.25) is 0 Å². The highest BCUT2D eigenvalue weighted by atomic mass is 16.3. The van der Waals surface area contributed by atoms with E-state index in [1.807, 2.05) is 196 Å². The van der Waals surface area contributed by atoms with Crippen LogP contribution in [0.5, 0.6) is 0 Å². The van der Waals surface area contributed by atoms with Crippen molar-refractivity contribution < 1.29 is 19.8 Å². The molecule has 0 radical (unpaired) electrons. The quantitative estimate of drug-likeness (QED) is 0.0603. The fraction of sp³-hybridized carbons (Fsp3) is 0.224. The van der Waals surface area contributed by atoms with Crippen LogP contribution in [0.15, 0.2) is 182 Å². The van der Waals surface area contributed by atoms with Crippen molar-refractivity contribution in [3.05, 3.63) is 215 Å². The molecule has 0 fully saturated rings. The molecule has 6 aromatic carbocycles. The van der Waals surface area contributed by atoms with Crippen LogP contribution in [-0.4, -0.2) is 47.3 Å². The number of nitrogens with one attached hydrogen (secondary N) is 2. The van der Waals surface area contributed by atoms with Crippen molar-refractivity contribution >= 4 is 11.8 Å². The number of aliphatic hydroxyl groups is 2. The van der Waals surface area contributed by atoms with Crippen LogP contribution in [0, 0.1) is 5.41 Å². The van der Waals surface area contributed by atoms with E-state index in [2.05, 4.69) is 10.6 Å². The summed E-state index contributed by atoms with van der Waals surface area (Å²) < 4.78 is 0. The minimum Gasteiger partial charge on any atom is -0.394 e. The molecular weight excluding hydrogens is 681 g/mol. The highest BCUT2D eigenvalue weighted by molar-refractivity contribution is 6.05. The Balaban J connectivity index is 1.46. The Hall–Kier alpha value is -5.82. The van der Waals surface area contributed by atoms with Gasteiger partial charge in [-0.3, -0.25) is 9.59 Å². The molecule has 2 amide bonds. The summed E-state index contributed by atoms with van der Waals surface area (Å²) in [4.78, 5) is 30.1. The van der Waals surface area contributed by atoms with Crippen LogP contribution < -0.4 is 10.6 Å². The van der Waals surface area contributed by atoms with E-state index in [0.29, 0.717) is 0 Å². The Morgan fingerprint density at radius 1 is 0.418 bits per heavy atom. The zero-order chi connectivity index (χ0) is 38.7. The smallest absolute Gasteiger partial charge is 0.236 e. The predicted molar refractivity (Wildman–Crippen MR) is 219 cm³/mol. The van der Waals surface area contributed by atoms with E-state index in [4.69, 9.17) is 0 Å². The summed E-state index contributed by atoms with van der Waals surface area (Å²) >= 11 is 0. The number of carbonyl (C=O) groups excluding carboxylic acids is 2. The van der Waals surface area contributed by atoms with Gasteiger partial charge in [-0.1, -0.05) is 196 Å². The van der Waals surface area contributed by atoms with Gasteiger partial charge in [0.05, 0.1) is 36.1 Å². The van der Waals surface area contributed by atoms with Crippen molar-refractivity contribution in [3.8, 4) is 0 Å². The molecule has 0 aliphatic heterocycles. The van der Waals surface area contributed by atoms with Crippen LogP contribution in [0.4, 0.5) is 0 Å². The van der Waals surface area contributed by atoms with Gasteiger partial charge in [0, 0.05) is 0 Å². The van der Waals surface area contributed by atoms with Crippen molar-refractivity contribution in [2.24, 2.45) is 5.41 Å². The highest BCUT2D eigenvalue weighted by Crippen LogP contribution is 2.45. The normalized spacial score (nSPS) is 13.0. The maximum Gasteiger partial charge on any atom is 0.236 e. The monoisotopic (exact) mass is 730 g/mol. The average Bonchev–Trinajstić information content (AvgIpc) is 3.26. The molecule has 6 aromatic rings. The molecule has 0 saturated carbocycles. The lowest BCUT2D eigenvalue weighted by atomic mass is 9.64. The lowest BCUT2D eigenvalue weighted by Crippen LogP contribution is -2.62. The zero-order valence-corrected chi connectivity index (χ0v) is 31.5. The number of hydrogen-bond acceptors (Lipinski definition) is 4. The highest BCUT2D eigenvalue weighted by Gasteiger charge is 2.51. The second kappa shape index (κ2) is 17.5. The summed E-state index contributed by atoms with van der Waals surface area (Å²) in [5.74, 6) is -0.995. The van der Waals surface area contributed by atoms with E-state index in [0.717, 1.165) is 33.4 Å². The number of benzene rings is 6. The maximum atomic E-state index is 15.1. The molecule has 0 aromatic heterocycles. The molecule has 280 valence electrons. The van der Waals surface area contributed by atoms with Crippen LogP contribution >= 0.6 is 0 Å². The topological polar surface area (TPSA) is 98.7 Å². The summed E-state index contributed by atoms with van der Waals surface area (Å²) in [5, 5.41) is 29.2. The van der Waals surface area contributed by atoms with E-state index >= 15 is 9.59 Å². The van der Waals surface area contributed by atoms with Gasteiger partial charge in [-0.2, -0.15) is 0 Å². The lowest BCUT2D eigenvalue weighted by Gasteiger charge is -2.45. The molecule has 0 heterocycles. The summed E-state index contributed by atoms with van der Waals surface area (Å²) in [5.41, 5.74) is 1.71. The molecular formula is C49H50N2O4. The standard InChI is InChI=1S/C49H50N2O4/c1-3-47(4-2,45(54)50-43(35-52)48(37-23-11-5-12-24-37,38-25-13-6-14-26-38)39-27-15-7-16-28-39)46(55)51-44(36-53)49(40-29-17-8-18-30-40,41-31-19-9-20-32-41)42-33-21-10-22-34-42/h5-34,43-44,52-53H,3-4,35-36H2,1-2H3,(H,50,54)(H,51,55)/t43-,44-/m1/s1. The SMILES string of the molecule is CCC(CC)(C(=O)N[C@H](CO)C(c1ccccc1)(c1ccccc1)c1ccccc1)C(=O)N[C@H](CO)C(c1ccccc1)(c1ccccc1)c1ccccc1. The molecule has 0 aliphatic carbocycles. The predicted octanol–water partition coefficient (Wildman–Crippen LogP) is 7.82. The third-order valence-corrected chi connectivity index (χ3v) is 11.5. The maximum absolute atomic E-state index is 15.1. The number of amides is 2. The minimum absolute atomic E-state index is 0.182. The second-order valence-corrected chi connectivity index (χ2v) is 14.0. The number of carbonyl (C=O) groups is 2. The Bertz CT molecular complexity index is 1750. The van der Waals surface area contributed by atoms with Gasteiger partial charge in [0.25, 0.3) is 0 Å². The van der Waals surface area contributed by atoms with E-state index < -0.39 is 53.4 Å². The number of aliphatic hydroxyl groups excluding tert-OH is 2. The first-order chi connectivity index (χ1) is 26.9. The third kappa shape index (κ3) is 7.11. The van der Waals surface area contributed by atoms with Gasteiger partial charge in [-0.05, 0) is 46.2 Å². The summed E-state index contributed by atoms with van der Waals surface area (Å²) in [7, 11) is 0. The minimum atomic E-state index is -1.55. The number of rotatable bonds is 16. The molecule has 0 spiro atoms. The summed E-state index contributed by atoms with van der Waals surface area (Å²) in [6, 6.07) is 57.5. The first-order valence-electron chi connectivity index (χ1n) is 19.1. The Kier molecular flexibility index (Phi) is 12.4. The Morgan fingerprint density at radius 3 is 0.782 bits per heavy atom. The van der Waals surface area contributed by atoms with Crippen LogP contribution in [0.1, 0.15) is 60.1 Å². The molecule has 55 heavy (non-hydrogen) atoms. The molecule has 0 aliphatic rings. The van der Waals surface area contributed by atoms with E-state index in [-0.39, 0.29) is 12.8 Å². The van der Waals surface area contributed by atoms with E-state index in [9.17, 15) is 10.2 Å². The molecule has 6 nitrogen and oxygen atoms in total. The molecule has 4 N–H and O–H groups in total. The van der Waals surface area contributed by atoms with Gasteiger partial charge in [0.1, 0.15) is 5.41 Å². The molecule has 0 saturated heterocycles. The fourth-order valence-corrected chi connectivity index (χ4v) is 8.58. The van der Waals surface area contributed by atoms with Crippen molar-refractivity contribution in [2.45, 2.75) is 49.6 Å². The van der Waals surface area contributed by atoms with Gasteiger partial charge in [-0.25, -0.2) is 0 Å². The van der Waals surface area contributed by atoms with Gasteiger partial charge in [0.2, 0.25) is 11.8 Å². The largest absolute Gasteiger partial charge is 0.394 e. The van der Waals surface area contributed by atoms with Gasteiger partial charge >= 0.3 is 0 Å².